The molecule has 0 amide bonds. The minimum atomic E-state index is -4.21. The third-order valence-corrected chi connectivity index (χ3v) is 4.91. The molecular weight excluding hydrogens is 309 g/mol. The first kappa shape index (κ1) is 16.1. The second-order valence-corrected chi connectivity index (χ2v) is 6.48. The molecule has 1 aromatic rings. The van der Waals surface area contributed by atoms with Crippen LogP contribution in [0.2, 0.25) is 0 Å². The molecule has 2 aliphatic rings. The Morgan fingerprint density at radius 3 is 2.45 bits per heavy atom. The molecule has 0 radical (unpaired) electrons. The Balaban J connectivity index is 0.00000147. The lowest BCUT2D eigenvalue weighted by atomic mass is 10.2. The maximum Gasteiger partial charge on any atom is 0.425 e. The van der Waals surface area contributed by atoms with Crippen molar-refractivity contribution in [3.63, 3.8) is 0 Å². The van der Waals surface area contributed by atoms with Gasteiger partial charge in [-0.25, -0.2) is 0 Å². The fourth-order valence-electron chi connectivity index (χ4n) is 2.68. The summed E-state index contributed by atoms with van der Waals surface area (Å²) in [5.74, 6) is 0. The Morgan fingerprint density at radius 1 is 1.20 bits per heavy atom. The van der Waals surface area contributed by atoms with E-state index < -0.39 is 11.1 Å². The molecule has 1 N–H and O–H groups in total. The number of hydrogen-bond donors (Lipinski definition) is 1. The summed E-state index contributed by atoms with van der Waals surface area (Å²) < 4.78 is 37.8. The van der Waals surface area contributed by atoms with E-state index in [-0.39, 0.29) is 12.4 Å². The lowest BCUT2D eigenvalue weighted by Crippen LogP contribution is -2.37. The maximum atomic E-state index is 12.6. The monoisotopic (exact) mass is 326 g/mol. The first-order chi connectivity index (χ1) is 9.04. The lowest BCUT2D eigenvalue weighted by Gasteiger charge is -2.27. The molecule has 0 spiro atoms. The first-order valence-electron chi connectivity index (χ1n) is 6.66. The van der Waals surface area contributed by atoms with E-state index in [9.17, 15) is 13.2 Å². The highest BCUT2D eigenvalue weighted by molar-refractivity contribution is 7.12. The number of thiophene rings is 1. The zero-order valence-electron chi connectivity index (χ0n) is 10.9. The van der Waals surface area contributed by atoms with Gasteiger partial charge in [-0.2, -0.15) is 13.2 Å². The zero-order valence-corrected chi connectivity index (χ0v) is 12.6. The molecule has 3 rings (SSSR count). The van der Waals surface area contributed by atoms with Crippen molar-refractivity contribution >= 4 is 23.7 Å². The molecule has 1 saturated carbocycles. The van der Waals surface area contributed by atoms with Gasteiger partial charge in [-0.15, -0.1) is 23.7 Å². The van der Waals surface area contributed by atoms with Crippen LogP contribution in [0.25, 0.3) is 0 Å². The van der Waals surface area contributed by atoms with Crippen LogP contribution < -0.4 is 5.32 Å². The van der Waals surface area contributed by atoms with E-state index in [1.807, 2.05) is 0 Å². The summed E-state index contributed by atoms with van der Waals surface area (Å²) >= 11 is 0.885. The van der Waals surface area contributed by atoms with Gasteiger partial charge in [-0.05, 0) is 37.9 Å². The molecule has 1 aromatic heterocycles. The topological polar surface area (TPSA) is 15.3 Å². The summed E-state index contributed by atoms with van der Waals surface area (Å²) in [4.78, 5) is 2.74. The predicted octanol–water partition coefficient (Wildman–Crippen LogP) is 3.52. The van der Waals surface area contributed by atoms with Crippen molar-refractivity contribution in [1.29, 1.82) is 0 Å². The summed E-state index contributed by atoms with van der Waals surface area (Å²) in [7, 11) is 0. The van der Waals surface area contributed by atoms with Crippen molar-refractivity contribution in [3.05, 3.63) is 21.9 Å². The minimum Gasteiger partial charge on any atom is -0.315 e. The summed E-state index contributed by atoms with van der Waals surface area (Å²) in [5.41, 5.74) is 0. The van der Waals surface area contributed by atoms with Crippen LogP contribution in [0.5, 0.6) is 0 Å². The van der Waals surface area contributed by atoms with Crippen molar-refractivity contribution in [2.75, 3.05) is 13.1 Å². The van der Waals surface area contributed by atoms with Gasteiger partial charge in [-0.3, -0.25) is 4.90 Å². The standard InChI is InChI=1S/C13H17F3N2S.ClH/c14-13(15,16)12-4-3-11(19-12)8-18(9-1-2-9)10-5-6-17-7-10;/h3-4,9-10,17H,1-2,5-8H2;1H. The predicted molar refractivity (Wildman–Crippen MR) is 76.4 cm³/mol. The van der Waals surface area contributed by atoms with Crippen molar-refractivity contribution < 1.29 is 13.2 Å². The van der Waals surface area contributed by atoms with Crippen LogP contribution in [0.1, 0.15) is 29.0 Å². The summed E-state index contributed by atoms with van der Waals surface area (Å²) in [6.07, 6.45) is -0.724. The van der Waals surface area contributed by atoms with Crippen LogP contribution in [-0.4, -0.2) is 30.1 Å². The number of alkyl halides is 3. The van der Waals surface area contributed by atoms with Gasteiger partial charge in [0.25, 0.3) is 0 Å². The Kier molecular flexibility index (Phi) is 5.00. The second-order valence-electron chi connectivity index (χ2n) is 5.31. The van der Waals surface area contributed by atoms with Crippen LogP contribution in [0, 0.1) is 0 Å². The number of nitrogens with one attached hydrogen (secondary N) is 1. The Morgan fingerprint density at radius 2 is 1.95 bits per heavy atom. The molecule has 0 aromatic carbocycles. The Bertz CT molecular complexity index is 439. The lowest BCUT2D eigenvalue weighted by molar-refractivity contribution is -0.134. The van der Waals surface area contributed by atoms with Crippen LogP contribution in [-0.2, 0) is 12.7 Å². The van der Waals surface area contributed by atoms with Crippen molar-refractivity contribution in [1.82, 2.24) is 10.2 Å². The molecule has 1 aliphatic heterocycles. The molecule has 20 heavy (non-hydrogen) atoms. The highest BCUT2D eigenvalue weighted by Crippen LogP contribution is 2.37. The second kappa shape index (κ2) is 6.22. The zero-order chi connectivity index (χ0) is 13.5. The average Bonchev–Trinajstić information content (AvgIpc) is 2.87. The molecule has 1 saturated heterocycles. The Hall–Kier alpha value is -0.300. The van der Waals surface area contributed by atoms with Crippen LogP contribution in [0.3, 0.4) is 0 Å². The molecular formula is C13H18ClF3N2S. The van der Waals surface area contributed by atoms with Gasteiger partial charge in [0.1, 0.15) is 4.88 Å². The quantitative estimate of drug-likeness (QED) is 0.911. The minimum absolute atomic E-state index is 0. The largest absolute Gasteiger partial charge is 0.425 e. The number of rotatable bonds is 4. The normalized spacial score (nSPS) is 23.1. The van der Waals surface area contributed by atoms with E-state index in [1.165, 1.54) is 18.9 Å². The first-order valence-corrected chi connectivity index (χ1v) is 7.48. The smallest absolute Gasteiger partial charge is 0.315 e. The van der Waals surface area contributed by atoms with Crippen molar-refractivity contribution in [2.24, 2.45) is 0 Å². The van der Waals surface area contributed by atoms with Gasteiger partial charge in [0.15, 0.2) is 0 Å². The van der Waals surface area contributed by atoms with Gasteiger partial charge >= 0.3 is 6.18 Å². The number of nitrogens with zero attached hydrogens (tertiary/aromatic N) is 1. The molecule has 1 aliphatic carbocycles. The molecule has 1 unspecified atom stereocenters. The van der Waals surface area contributed by atoms with E-state index >= 15 is 0 Å². The highest BCUT2D eigenvalue weighted by atomic mass is 35.5. The molecule has 7 heteroatoms. The van der Waals surface area contributed by atoms with Gasteiger partial charge < -0.3 is 5.32 Å². The SMILES string of the molecule is Cl.FC(F)(F)c1ccc(CN(C2CC2)C2CCNC2)s1. The molecule has 1 atom stereocenters. The van der Waals surface area contributed by atoms with Crippen LogP contribution in [0.15, 0.2) is 12.1 Å². The van der Waals surface area contributed by atoms with E-state index in [0.29, 0.717) is 18.6 Å². The van der Waals surface area contributed by atoms with E-state index in [4.69, 9.17) is 0 Å². The fraction of sp³-hybridized carbons (Fsp3) is 0.692. The van der Waals surface area contributed by atoms with Crippen LogP contribution in [0.4, 0.5) is 13.2 Å². The third kappa shape index (κ3) is 3.67. The van der Waals surface area contributed by atoms with Crippen molar-refractivity contribution in [3.8, 4) is 0 Å². The third-order valence-electron chi connectivity index (χ3n) is 3.80. The summed E-state index contributed by atoms with van der Waals surface area (Å²) in [6, 6.07) is 3.91. The summed E-state index contributed by atoms with van der Waals surface area (Å²) in [6.45, 7) is 2.65. The number of hydrogen-bond acceptors (Lipinski definition) is 3. The maximum absolute atomic E-state index is 12.6. The van der Waals surface area contributed by atoms with E-state index in [1.54, 1.807) is 6.07 Å². The van der Waals surface area contributed by atoms with Crippen LogP contribution >= 0.6 is 23.7 Å². The molecule has 114 valence electrons. The fourth-order valence-corrected chi connectivity index (χ4v) is 3.56. The Labute approximate surface area is 126 Å². The molecule has 2 nitrogen and oxygen atoms in total. The van der Waals surface area contributed by atoms with Gasteiger partial charge in [0.05, 0.1) is 0 Å². The van der Waals surface area contributed by atoms with Gasteiger partial charge in [0.2, 0.25) is 0 Å². The van der Waals surface area contributed by atoms with E-state index in [0.717, 1.165) is 35.7 Å². The summed E-state index contributed by atoms with van der Waals surface area (Å²) in [5, 5.41) is 3.33. The van der Waals surface area contributed by atoms with Crippen molar-refractivity contribution in [2.45, 2.75) is 44.1 Å². The average molecular weight is 327 g/mol. The molecule has 2 heterocycles. The molecule has 2 fully saturated rings. The van der Waals surface area contributed by atoms with E-state index in [2.05, 4.69) is 10.2 Å². The molecule has 0 bridgehead atoms. The van der Waals surface area contributed by atoms with Gasteiger partial charge in [0, 0.05) is 30.1 Å². The van der Waals surface area contributed by atoms with Gasteiger partial charge in [-0.1, -0.05) is 0 Å². The highest BCUT2D eigenvalue weighted by Gasteiger charge is 2.36. The number of halogens is 4.